The second kappa shape index (κ2) is 5.13. The fraction of sp³-hybridized carbons (Fsp3) is 0.133. The molecule has 0 saturated carbocycles. The van der Waals surface area contributed by atoms with Gasteiger partial charge in [0.1, 0.15) is 0 Å². The molecule has 5 heteroatoms. The van der Waals surface area contributed by atoms with Crippen molar-refractivity contribution in [2.75, 3.05) is 0 Å². The molecule has 2 aromatic carbocycles. The fourth-order valence-electron chi connectivity index (χ4n) is 2.08. The number of nitrogens with zero attached hydrogens (tertiary/aromatic N) is 1. The maximum atomic E-state index is 11.3. The van der Waals surface area contributed by atoms with Crippen LogP contribution in [0.5, 0.6) is 0 Å². The zero-order valence-corrected chi connectivity index (χ0v) is 11.1. The van der Waals surface area contributed by atoms with Crippen LogP contribution in [0.1, 0.15) is 21.5 Å². The van der Waals surface area contributed by atoms with Gasteiger partial charge >= 0.3 is 5.97 Å². The number of hydrogen-bond donors (Lipinski definition) is 1. The van der Waals surface area contributed by atoms with Crippen LogP contribution in [-0.4, -0.2) is 16.0 Å². The molecule has 0 atom stereocenters. The number of aryl methyl sites for hydroxylation is 2. The van der Waals surface area contributed by atoms with Gasteiger partial charge in [-0.3, -0.25) is 10.1 Å². The van der Waals surface area contributed by atoms with Crippen molar-refractivity contribution in [3.8, 4) is 11.1 Å². The van der Waals surface area contributed by atoms with Crippen molar-refractivity contribution in [1.82, 2.24) is 0 Å². The largest absolute Gasteiger partial charge is 0.478 e. The molecule has 0 heterocycles. The van der Waals surface area contributed by atoms with E-state index >= 15 is 0 Å². The Morgan fingerprint density at radius 3 is 2.40 bits per heavy atom. The monoisotopic (exact) mass is 271 g/mol. The molecule has 0 radical (unpaired) electrons. The molecule has 0 spiro atoms. The molecule has 0 amide bonds. The summed E-state index contributed by atoms with van der Waals surface area (Å²) in [7, 11) is 0. The fourth-order valence-corrected chi connectivity index (χ4v) is 2.08. The van der Waals surface area contributed by atoms with Crippen molar-refractivity contribution in [2.24, 2.45) is 0 Å². The number of carboxylic acid groups (broad SMARTS) is 1. The predicted octanol–water partition coefficient (Wildman–Crippen LogP) is 3.58. The van der Waals surface area contributed by atoms with Gasteiger partial charge in [-0.2, -0.15) is 0 Å². The molecule has 0 saturated heterocycles. The van der Waals surface area contributed by atoms with Gasteiger partial charge < -0.3 is 5.11 Å². The van der Waals surface area contributed by atoms with E-state index in [1.165, 1.54) is 18.2 Å². The second-order valence-corrected chi connectivity index (χ2v) is 4.61. The van der Waals surface area contributed by atoms with Crippen LogP contribution in [0.15, 0.2) is 36.4 Å². The number of benzene rings is 2. The van der Waals surface area contributed by atoms with E-state index in [1.54, 1.807) is 0 Å². The predicted molar refractivity (Wildman–Crippen MR) is 75.0 cm³/mol. The zero-order chi connectivity index (χ0) is 14.9. The van der Waals surface area contributed by atoms with Gasteiger partial charge in [0.2, 0.25) is 0 Å². The molecule has 0 fully saturated rings. The first-order valence-corrected chi connectivity index (χ1v) is 5.99. The van der Waals surface area contributed by atoms with Crippen molar-refractivity contribution >= 4 is 11.7 Å². The second-order valence-electron chi connectivity index (χ2n) is 4.61. The van der Waals surface area contributed by atoms with Gasteiger partial charge in [0.15, 0.2) is 0 Å². The summed E-state index contributed by atoms with van der Waals surface area (Å²) < 4.78 is 0. The van der Waals surface area contributed by atoms with Crippen LogP contribution in [-0.2, 0) is 0 Å². The summed E-state index contributed by atoms with van der Waals surface area (Å²) in [6, 6.07) is 9.41. The van der Waals surface area contributed by atoms with Gasteiger partial charge in [0, 0.05) is 17.7 Å². The Bertz CT molecular complexity index is 707. The van der Waals surface area contributed by atoms with Crippen LogP contribution in [0.2, 0.25) is 0 Å². The maximum absolute atomic E-state index is 11.3. The Labute approximate surface area is 115 Å². The van der Waals surface area contributed by atoms with Crippen LogP contribution in [0.25, 0.3) is 11.1 Å². The molecule has 0 unspecified atom stereocenters. The molecular formula is C15H13NO4. The molecular weight excluding hydrogens is 258 g/mol. The summed E-state index contributed by atoms with van der Waals surface area (Å²) in [6.07, 6.45) is 0. The number of aromatic carboxylic acids is 1. The molecule has 2 rings (SSSR count). The molecule has 2 aromatic rings. The average Bonchev–Trinajstić information content (AvgIpc) is 2.40. The average molecular weight is 271 g/mol. The third-order valence-electron chi connectivity index (χ3n) is 3.13. The summed E-state index contributed by atoms with van der Waals surface area (Å²) in [4.78, 5) is 21.7. The van der Waals surface area contributed by atoms with E-state index in [1.807, 2.05) is 32.0 Å². The lowest BCUT2D eigenvalue weighted by Crippen LogP contribution is -2.01. The Hall–Kier alpha value is -2.69. The quantitative estimate of drug-likeness (QED) is 0.683. The molecule has 1 N–H and O–H groups in total. The first-order chi connectivity index (χ1) is 9.40. The van der Waals surface area contributed by atoms with Crippen LogP contribution in [0, 0.1) is 24.0 Å². The third kappa shape index (κ3) is 2.51. The highest BCUT2D eigenvalue weighted by Crippen LogP contribution is 2.31. The van der Waals surface area contributed by atoms with E-state index in [9.17, 15) is 20.0 Å². The van der Waals surface area contributed by atoms with Gasteiger partial charge in [-0.15, -0.1) is 0 Å². The van der Waals surface area contributed by atoms with Crippen molar-refractivity contribution in [1.29, 1.82) is 0 Å². The Morgan fingerprint density at radius 1 is 1.10 bits per heavy atom. The van der Waals surface area contributed by atoms with E-state index in [0.717, 1.165) is 11.1 Å². The molecule has 0 aliphatic rings. The lowest BCUT2D eigenvalue weighted by Gasteiger charge is -2.10. The smallest absolute Gasteiger partial charge is 0.336 e. The van der Waals surface area contributed by atoms with E-state index in [0.29, 0.717) is 11.1 Å². The lowest BCUT2D eigenvalue weighted by atomic mass is 9.94. The van der Waals surface area contributed by atoms with Crippen LogP contribution < -0.4 is 0 Å². The highest BCUT2D eigenvalue weighted by atomic mass is 16.6. The summed E-state index contributed by atoms with van der Waals surface area (Å²) in [5, 5.41) is 20.1. The number of carboxylic acids is 1. The topological polar surface area (TPSA) is 80.4 Å². The minimum Gasteiger partial charge on any atom is -0.478 e. The van der Waals surface area contributed by atoms with Gasteiger partial charge in [-0.1, -0.05) is 23.8 Å². The highest BCUT2D eigenvalue weighted by molar-refractivity contribution is 5.97. The number of nitro benzene ring substituents is 1. The number of non-ortho nitro benzene ring substituents is 1. The Balaban J connectivity index is 2.75. The number of hydrogen-bond acceptors (Lipinski definition) is 3. The van der Waals surface area contributed by atoms with Crippen LogP contribution >= 0.6 is 0 Å². The number of carbonyl (C=O) groups is 1. The molecule has 0 aromatic heterocycles. The molecule has 0 aliphatic heterocycles. The third-order valence-corrected chi connectivity index (χ3v) is 3.13. The van der Waals surface area contributed by atoms with Crippen molar-refractivity contribution in [3.05, 3.63) is 63.2 Å². The number of rotatable bonds is 3. The van der Waals surface area contributed by atoms with Crippen LogP contribution in [0.4, 0.5) is 5.69 Å². The van der Waals surface area contributed by atoms with E-state index in [2.05, 4.69) is 0 Å². The standard InChI is InChI=1S/C15H13NO4/c1-9-3-4-10(2)13(7-9)14-8-11(16(19)20)5-6-12(14)15(17)18/h3-8H,1-2H3,(H,17,18). The Morgan fingerprint density at radius 2 is 1.80 bits per heavy atom. The van der Waals surface area contributed by atoms with Crippen molar-refractivity contribution in [2.45, 2.75) is 13.8 Å². The van der Waals surface area contributed by atoms with Crippen molar-refractivity contribution < 1.29 is 14.8 Å². The Kier molecular flexibility index (Phi) is 3.52. The van der Waals surface area contributed by atoms with E-state index < -0.39 is 10.9 Å². The lowest BCUT2D eigenvalue weighted by molar-refractivity contribution is -0.384. The van der Waals surface area contributed by atoms with Gasteiger partial charge in [-0.25, -0.2) is 4.79 Å². The van der Waals surface area contributed by atoms with E-state index in [-0.39, 0.29) is 11.3 Å². The van der Waals surface area contributed by atoms with Gasteiger partial charge in [0.25, 0.3) is 5.69 Å². The minimum absolute atomic E-state index is 0.0595. The number of nitro groups is 1. The van der Waals surface area contributed by atoms with Gasteiger partial charge in [0.05, 0.1) is 10.5 Å². The molecule has 0 bridgehead atoms. The molecule has 0 aliphatic carbocycles. The first kappa shape index (κ1) is 13.7. The SMILES string of the molecule is Cc1ccc(C)c(-c2cc([N+](=O)[O-])ccc2C(=O)O)c1. The molecule has 102 valence electrons. The van der Waals surface area contributed by atoms with E-state index in [4.69, 9.17) is 0 Å². The normalized spacial score (nSPS) is 10.3. The summed E-state index contributed by atoms with van der Waals surface area (Å²) >= 11 is 0. The van der Waals surface area contributed by atoms with Gasteiger partial charge in [-0.05, 0) is 31.0 Å². The minimum atomic E-state index is -1.10. The van der Waals surface area contributed by atoms with Crippen LogP contribution in [0.3, 0.4) is 0 Å². The first-order valence-electron chi connectivity index (χ1n) is 5.99. The highest BCUT2D eigenvalue weighted by Gasteiger charge is 2.17. The zero-order valence-electron chi connectivity index (χ0n) is 11.1. The summed E-state index contributed by atoms with van der Waals surface area (Å²) in [5.41, 5.74) is 2.85. The maximum Gasteiger partial charge on any atom is 0.336 e. The van der Waals surface area contributed by atoms with Crippen molar-refractivity contribution in [3.63, 3.8) is 0 Å². The summed E-state index contributed by atoms with van der Waals surface area (Å²) in [5.74, 6) is -1.10. The summed E-state index contributed by atoms with van der Waals surface area (Å²) in [6.45, 7) is 3.74. The molecule has 5 nitrogen and oxygen atoms in total. The molecule has 20 heavy (non-hydrogen) atoms.